The van der Waals surface area contributed by atoms with Crippen LogP contribution in [0.25, 0.3) is 22.0 Å². The fraction of sp³-hybridized carbons (Fsp3) is 0.286. The van der Waals surface area contributed by atoms with Gasteiger partial charge in [0.2, 0.25) is 0 Å². The third-order valence-electron chi connectivity index (χ3n) is 5.45. The number of rotatable bonds is 5. The van der Waals surface area contributed by atoms with Crippen molar-refractivity contribution >= 4 is 28.6 Å². The number of aryl methyl sites for hydroxylation is 1. The van der Waals surface area contributed by atoms with Crippen LogP contribution in [0.5, 0.6) is 0 Å². The second-order valence-electron chi connectivity index (χ2n) is 7.90. The third-order valence-corrected chi connectivity index (χ3v) is 5.45. The van der Waals surface area contributed by atoms with Gasteiger partial charge in [0.05, 0.1) is 11.7 Å². The lowest BCUT2D eigenvalue weighted by molar-refractivity contribution is 0.102. The van der Waals surface area contributed by atoms with Gasteiger partial charge in [0, 0.05) is 43.3 Å². The summed E-state index contributed by atoms with van der Waals surface area (Å²) in [7, 11) is 5.96. The van der Waals surface area contributed by atoms with Gasteiger partial charge in [0.1, 0.15) is 6.26 Å². The molecule has 0 aliphatic carbocycles. The quantitative estimate of drug-likeness (QED) is 0.525. The van der Waals surface area contributed by atoms with Crippen molar-refractivity contribution in [2.45, 2.75) is 6.04 Å². The van der Waals surface area contributed by atoms with E-state index >= 15 is 0 Å². The summed E-state index contributed by atoms with van der Waals surface area (Å²) >= 11 is 0. The number of carbonyl (C=O) groups excluding carboxylic acids is 1. The topological polar surface area (TPSA) is 105 Å². The maximum atomic E-state index is 12.6. The summed E-state index contributed by atoms with van der Waals surface area (Å²) in [5.74, 6) is -0.0428. The van der Waals surface area contributed by atoms with Gasteiger partial charge in [-0.1, -0.05) is 6.07 Å². The molecule has 1 aliphatic rings. The largest absolute Gasteiger partial charge is 0.431 e. The minimum atomic E-state index is -0.392. The van der Waals surface area contributed by atoms with Crippen LogP contribution < -0.4 is 10.2 Å². The zero-order valence-electron chi connectivity index (χ0n) is 17.5. The summed E-state index contributed by atoms with van der Waals surface area (Å²) in [4.78, 5) is 21.1. The average molecular weight is 418 g/mol. The Kier molecular flexibility index (Phi) is 4.63. The fourth-order valence-electron chi connectivity index (χ4n) is 3.49. The first kappa shape index (κ1) is 19.2. The molecule has 1 N–H and O–H groups in total. The van der Waals surface area contributed by atoms with E-state index in [1.54, 1.807) is 16.9 Å². The number of amides is 1. The van der Waals surface area contributed by atoms with Crippen molar-refractivity contribution < 1.29 is 9.21 Å². The molecule has 10 heteroatoms. The minimum absolute atomic E-state index is 0.203. The highest BCUT2D eigenvalue weighted by Crippen LogP contribution is 2.25. The number of likely N-dealkylation sites (N-methyl/N-ethyl adjacent to an activating group) is 1. The van der Waals surface area contributed by atoms with Crippen molar-refractivity contribution in [1.29, 1.82) is 0 Å². The lowest BCUT2D eigenvalue weighted by Gasteiger charge is -2.41. The number of hydrogen-bond acceptors (Lipinski definition) is 8. The summed E-state index contributed by atoms with van der Waals surface area (Å²) < 4.78 is 7.24. The molecule has 0 unspecified atom stereocenters. The van der Waals surface area contributed by atoms with Crippen LogP contribution in [0.3, 0.4) is 0 Å². The van der Waals surface area contributed by atoms with Crippen molar-refractivity contribution in [1.82, 2.24) is 29.9 Å². The van der Waals surface area contributed by atoms with Gasteiger partial charge >= 0.3 is 0 Å². The van der Waals surface area contributed by atoms with Gasteiger partial charge in [0.15, 0.2) is 11.5 Å². The van der Waals surface area contributed by atoms with Gasteiger partial charge in [-0.05, 0) is 37.9 Å². The van der Waals surface area contributed by atoms with Crippen molar-refractivity contribution in [3.8, 4) is 11.1 Å². The highest BCUT2D eigenvalue weighted by Gasteiger charge is 2.31. The number of oxazole rings is 1. The predicted molar refractivity (Wildman–Crippen MR) is 116 cm³/mol. The van der Waals surface area contributed by atoms with Crippen molar-refractivity contribution in [3.63, 3.8) is 0 Å². The minimum Gasteiger partial charge on any atom is -0.431 e. The van der Waals surface area contributed by atoms with Crippen LogP contribution in [0.4, 0.5) is 11.8 Å². The average Bonchev–Trinajstić information content (AvgIpc) is 3.35. The number of fused-ring (bicyclic) bond motifs is 1. The van der Waals surface area contributed by atoms with Gasteiger partial charge in [-0.15, -0.1) is 10.2 Å². The summed E-state index contributed by atoms with van der Waals surface area (Å²) in [5.41, 5.74) is 2.96. The Bertz CT molecular complexity index is 1260. The molecule has 0 atom stereocenters. The fourth-order valence-corrected chi connectivity index (χ4v) is 3.49. The molecule has 3 aromatic heterocycles. The Labute approximate surface area is 178 Å². The van der Waals surface area contributed by atoms with E-state index in [1.807, 2.05) is 50.4 Å². The zero-order chi connectivity index (χ0) is 21.5. The SMILES string of the molecule is CN(C)C1CN(c2nc(C(=O)Nc3cc4cc(-c5cnn(C)c5)ccc4nn3)co2)C1. The lowest BCUT2D eigenvalue weighted by Crippen LogP contribution is -2.57. The molecule has 31 heavy (non-hydrogen) atoms. The molecule has 4 aromatic rings. The Morgan fingerprint density at radius 2 is 2.03 bits per heavy atom. The molecular formula is C21H22N8O2. The molecule has 0 radical (unpaired) electrons. The highest BCUT2D eigenvalue weighted by molar-refractivity contribution is 6.03. The van der Waals surface area contributed by atoms with Gasteiger partial charge in [0.25, 0.3) is 11.9 Å². The van der Waals surface area contributed by atoms with E-state index in [0.29, 0.717) is 17.9 Å². The number of nitrogens with one attached hydrogen (secondary N) is 1. The summed E-state index contributed by atoms with van der Waals surface area (Å²) in [6.07, 6.45) is 5.11. The number of aromatic nitrogens is 5. The molecule has 1 aliphatic heterocycles. The monoisotopic (exact) mass is 418 g/mol. The second-order valence-corrected chi connectivity index (χ2v) is 7.90. The van der Waals surface area contributed by atoms with Crippen LogP contribution in [-0.2, 0) is 7.05 Å². The summed E-state index contributed by atoms with van der Waals surface area (Å²) in [6.45, 7) is 1.65. The smallest absolute Gasteiger partial charge is 0.298 e. The number of carbonyl (C=O) groups is 1. The Morgan fingerprint density at radius 1 is 1.19 bits per heavy atom. The highest BCUT2D eigenvalue weighted by atomic mass is 16.4. The zero-order valence-corrected chi connectivity index (χ0v) is 17.5. The van der Waals surface area contributed by atoms with Crippen molar-refractivity contribution in [3.05, 3.63) is 48.6 Å². The molecule has 158 valence electrons. The third kappa shape index (κ3) is 3.73. The van der Waals surface area contributed by atoms with E-state index in [9.17, 15) is 4.79 Å². The molecular weight excluding hydrogens is 396 g/mol. The van der Waals surface area contributed by atoms with Gasteiger partial charge in [-0.3, -0.25) is 9.48 Å². The van der Waals surface area contributed by atoms with Crippen LogP contribution in [-0.4, -0.2) is 69.0 Å². The standard InChI is InChI=1S/C21H22N8O2/c1-27(2)16-10-29(11-16)21-23-18(12-31-21)20(30)24-19-7-14-6-13(4-5-17(14)25-26-19)15-8-22-28(3)9-15/h4-9,12,16H,10-11H2,1-3H3,(H,24,26,30). The Hall–Kier alpha value is -3.79. The molecule has 0 saturated carbocycles. The molecule has 0 spiro atoms. The number of anilines is 2. The number of nitrogens with zero attached hydrogens (tertiary/aromatic N) is 7. The van der Waals surface area contributed by atoms with E-state index in [4.69, 9.17) is 4.42 Å². The molecule has 5 rings (SSSR count). The Balaban J connectivity index is 1.31. The first-order valence-corrected chi connectivity index (χ1v) is 9.91. The van der Waals surface area contributed by atoms with E-state index in [1.165, 1.54) is 6.26 Å². The molecule has 1 amide bonds. The first-order valence-electron chi connectivity index (χ1n) is 9.91. The van der Waals surface area contributed by atoms with E-state index in [0.717, 1.165) is 35.1 Å². The molecule has 10 nitrogen and oxygen atoms in total. The van der Waals surface area contributed by atoms with Crippen LogP contribution in [0.1, 0.15) is 10.5 Å². The maximum absolute atomic E-state index is 12.6. The second kappa shape index (κ2) is 7.47. The van der Waals surface area contributed by atoms with Crippen LogP contribution in [0.2, 0.25) is 0 Å². The van der Waals surface area contributed by atoms with Gasteiger partial charge < -0.3 is 19.5 Å². The number of benzene rings is 1. The van der Waals surface area contributed by atoms with Crippen LogP contribution in [0, 0.1) is 0 Å². The molecule has 1 saturated heterocycles. The summed E-state index contributed by atoms with van der Waals surface area (Å²) in [5, 5.41) is 16.1. The lowest BCUT2D eigenvalue weighted by atomic mass is 10.1. The molecule has 1 fully saturated rings. The molecule has 4 heterocycles. The first-order chi connectivity index (χ1) is 15.0. The van der Waals surface area contributed by atoms with Gasteiger partial charge in [-0.25, -0.2) is 0 Å². The number of hydrogen-bond donors (Lipinski definition) is 1. The summed E-state index contributed by atoms with van der Waals surface area (Å²) in [6, 6.07) is 8.57. The van der Waals surface area contributed by atoms with Crippen LogP contribution in [0.15, 0.2) is 47.3 Å². The Morgan fingerprint density at radius 3 is 2.77 bits per heavy atom. The maximum Gasteiger partial charge on any atom is 0.298 e. The van der Waals surface area contributed by atoms with Gasteiger partial charge in [-0.2, -0.15) is 10.1 Å². The molecule has 0 bridgehead atoms. The van der Waals surface area contributed by atoms with E-state index < -0.39 is 5.91 Å². The van der Waals surface area contributed by atoms with Crippen molar-refractivity contribution in [2.24, 2.45) is 7.05 Å². The predicted octanol–water partition coefficient (Wildman–Crippen LogP) is 2.02. The van der Waals surface area contributed by atoms with E-state index in [2.05, 4.69) is 30.5 Å². The van der Waals surface area contributed by atoms with Crippen molar-refractivity contribution in [2.75, 3.05) is 37.4 Å². The van der Waals surface area contributed by atoms with Crippen LogP contribution >= 0.6 is 0 Å². The normalized spacial score (nSPS) is 14.3. The molecule has 1 aromatic carbocycles. The van der Waals surface area contributed by atoms with E-state index in [-0.39, 0.29) is 5.69 Å².